The van der Waals surface area contributed by atoms with Gasteiger partial charge in [-0.25, -0.2) is 19.6 Å². The molecule has 0 rings (SSSR count). The van der Waals surface area contributed by atoms with Crippen LogP contribution in [0.2, 0.25) is 0 Å². The highest BCUT2D eigenvalue weighted by Crippen LogP contribution is 2.11. The molecule has 0 N–H and O–H groups in total. The van der Waals surface area contributed by atoms with Gasteiger partial charge in [-0.2, -0.15) is 0 Å². The Morgan fingerprint density at radius 3 is 1.83 bits per heavy atom. The Morgan fingerprint density at radius 1 is 0.870 bits per heavy atom. The summed E-state index contributed by atoms with van der Waals surface area (Å²) in [5, 5.41) is 0. The molecule has 0 saturated heterocycles. The van der Waals surface area contributed by atoms with Crippen molar-refractivity contribution in [1.82, 2.24) is 4.90 Å². The van der Waals surface area contributed by atoms with Gasteiger partial charge in [-0.1, -0.05) is 33.1 Å². The zero-order valence-electron chi connectivity index (χ0n) is 15.7. The summed E-state index contributed by atoms with van der Waals surface area (Å²) >= 11 is 0. The van der Waals surface area contributed by atoms with E-state index in [0.717, 1.165) is 18.8 Å². The molecular weight excluding hydrogens is 298 g/mol. The van der Waals surface area contributed by atoms with Gasteiger partial charge in [0.25, 0.3) is 0 Å². The van der Waals surface area contributed by atoms with Gasteiger partial charge in [0.05, 0.1) is 14.2 Å². The van der Waals surface area contributed by atoms with Crippen molar-refractivity contribution in [1.29, 1.82) is 0 Å². The molecule has 0 aliphatic heterocycles. The Balaban J connectivity index is 4.31. The Bertz CT molecular complexity index is 285. The molecule has 0 radical (unpaired) electrons. The molecule has 2 unspecified atom stereocenters. The number of hydrogen-bond acceptors (Lipinski definition) is 5. The minimum Gasteiger partial charge on any atom is -0.337 e. The van der Waals surface area contributed by atoms with Gasteiger partial charge in [0, 0.05) is 19.5 Å². The monoisotopic (exact) mass is 333 g/mol. The molecule has 0 aromatic carbocycles. The number of nitrogens with zero attached hydrogens (tertiary/aromatic N) is 1. The van der Waals surface area contributed by atoms with Crippen molar-refractivity contribution in [2.24, 2.45) is 5.92 Å². The van der Waals surface area contributed by atoms with Crippen LogP contribution in [0, 0.1) is 5.92 Å². The first-order valence-electron chi connectivity index (χ1n) is 8.57. The number of carbonyl (C=O) groups is 1. The summed E-state index contributed by atoms with van der Waals surface area (Å²) in [6.45, 7) is 9.12. The maximum atomic E-state index is 12.5. The van der Waals surface area contributed by atoms with Crippen LogP contribution < -0.4 is 0 Å². The van der Waals surface area contributed by atoms with Crippen LogP contribution in [-0.4, -0.2) is 50.3 Å². The summed E-state index contributed by atoms with van der Waals surface area (Å²) in [6, 6.07) is 0. The average Bonchev–Trinajstić information content (AvgIpc) is 2.46. The van der Waals surface area contributed by atoms with Crippen LogP contribution in [0.25, 0.3) is 0 Å². The normalized spacial score (nSPS) is 14.0. The summed E-state index contributed by atoms with van der Waals surface area (Å²) in [6.07, 6.45) is 4.57. The van der Waals surface area contributed by atoms with Gasteiger partial charge >= 0.3 is 0 Å². The fourth-order valence-electron chi connectivity index (χ4n) is 2.45. The molecule has 0 aromatic heterocycles. The quantitative estimate of drug-likeness (QED) is 0.277. The van der Waals surface area contributed by atoms with Gasteiger partial charge in [-0.15, -0.1) is 0 Å². The van der Waals surface area contributed by atoms with E-state index >= 15 is 0 Å². The lowest BCUT2D eigenvalue weighted by Crippen LogP contribution is -2.42. The topological polar surface area (TPSA) is 57.2 Å². The number of hydrogen-bond donors (Lipinski definition) is 0. The van der Waals surface area contributed by atoms with Crippen LogP contribution in [0.4, 0.5) is 0 Å². The summed E-state index contributed by atoms with van der Waals surface area (Å²) in [7, 11) is 2.93. The van der Waals surface area contributed by atoms with E-state index < -0.39 is 0 Å². The molecule has 0 heterocycles. The zero-order chi connectivity index (χ0) is 17.7. The molecule has 0 bridgehead atoms. The highest BCUT2D eigenvalue weighted by Gasteiger charge is 2.20. The number of carbonyl (C=O) groups excluding carboxylic acids is 1. The summed E-state index contributed by atoms with van der Waals surface area (Å²) < 4.78 is 0. The summed E-state index contributed by atoms with van der Waals surface area (Å²) in [5.74, 6) is 0.842. The maximum Gasteiger partial charge on any atom is 0.222 e. The van der Waals surface area contributed by atoms with Crippen LogP contribution in [0.5, 0.6) is 0 Å². The van der Waals surface area contributed by atoms with Gasteiger partial charge in [-0.05, 0) is 26.2 Å². The lowest BCUT2D eigenvalue weighted by atomic mass is 10.0. The van der Waals surface area contributed by atoms with Gasteiger partial charge in [0.1, 0.15) is 12.2 Å². The second kappa shape index (κ2) is 13.7. The van der Waals surface area contributed by atoms with E-state index in [1.165, 1.54) is 27.1 Å². The van der Waals surface area contributed by atoms with Crippen molar-refractivity contribution in [3.05, 3.63) is 0 Å². The fraction of sp³-hybridized carbons (Fsp3) is 0.941. The third kappa shape index (κ3) is 12.4. The molecule has 138 valence electrons. The third-order valence-corrected chi connectivity index (χ3v) is 3.50. The van der Waals surface area contributed by atoms with E-state index in [9.17, 15) is 4.79 Å². The molecule has 6 heteroatoms. The van der Waals surface area contributed by atoms with E-state index in [2.05, 4.69) is 23.6 Å². The fourth-order valence-corrected chi connectivity index (χ4v) is 2.45. The standard InChI is InChI=1S/C17H35NO5/c1-14(2)10-8-7-9-11-17(19)18(12-15(3)22-20-5)13-16(4)23-21-6/h14-16H,7-13H2,1-6H3. The first-order chi connectivity index (χ1) is 10.9. The molecule has 0 spiro atoms. The number of unbranched alkanes of at least 4 members (excludes halogenated alkanes) is 2. The second-order valence-electron chi connectivity index (χ2n) is 6.44. The van der Waals surface area contributed by atoms with Crippen LogP contribution in [0.3, 0.4) is 0 Å². The molecule has 0 saturated carbocycles. The van der Waals surface area contributed by atoms with Gasteiger partial charge in [-0.3, -0.25) is 4.79 Å². The van der Waals surface area contributed by atoms with E-state index in [0.29, 0.717) is 19.5 Å². The molecule has 1 amide bonds. The lowest BCUT2D eigenvalue weighted by molar-refractivity contribution is -0.309. The Morgan fingerprint density at radius 2 is 1.39 bits per heavy atom. The minimum absolute atomic E-state index is 0.118. The smallest absolute Gasteiger partial charge is 0.222 e. The van der Waals surface area contributed by atoms with E-state index in [4.69, 9.17) is 9.78 Å². The molecule has 6 nitrogen and oxygen atoms in total. The van der Waals surface area contributed by atoms with Crippen molar-refractivity contribution < 1.29 is 24.3 Å². The van der Waals surface area contributed by atoms with Gasteiger partial charge in [0.2, 0.25) is 5.91 Å². The van der Waals surface area contributed by atoms with E-state index in [1.54, 1.807) is 4.90 Å². The Kier molecular flexibility index (Phi) is 13.3. The Hall–Kier alpha value is -0.690. The van der Waals surface area contributed by atoms with Gasteiger partial charge < -0.3 is 4.90 Å². The van der Waals surface area contributed by atoms with E-state index in [1.807, 2.05) is 13.8 Å². The van der Waals surface area contributed by atoms with Crippen molar-refractivity contribution in [2.75, 3.05) is 27.3 Å². The lowest BCUT2D eigenvalue weighted by Gasteiger charge is -2.27. The number of amides is 1. The van der Waals surface area contributed by atoms with Crippen LogP contribution >= 0.6 is 0 Å². The molecule has 0 aliphatic rings. The predicted molar refractivity (Wildman–Crippen MR) is 89.6 cm³/mol. The molecule has 0 aliphatic carbocycles. The van der Waals surface area contributed by atoms with E-state index in [-0.39, 0.29) is 18.1 Å². The van der Waals surface area contributed by atoms with Crippen molar-refractivity contribution in [3.63, 3.8) is 0 Å². The molecular formula is C17H35NO5. The third-order valence-electron chi connectivity index (χ3n) is 3.50. The van der Waals surface area contributed by atoms with Gasteiger partial charge in [0.15, 0.2) is 0 Å². The first kappa shape index (κ1) is 22.3. The molecule has 2 atom stereocenters. The second-order valence-corrected chi connectivity index (χ2v) is 6.44. The highest BCUT2D eigenvalue weighted by atomic mass is 17.2. The maximum absolute atomic E-state index is 12.5. The first-order valence-corrected chi connectivity index (χ1v) is 8.57. The van der Waals surface area contributed by atoms with Crippen LogP contribution in [-0.2, 0) is 24.3 Å². The SMILES string of the molecule is COOC(C)CN(CC(C)OOC)C(=O)CCCCCC(C)C. The zero-order valence-corrected chi connectivity index (χ0v) is 15.7. The van der Waals surface area contributed by atoms with Crippen LogP contribution in [0.15, 0.2) is 0 Å². The number of rotatable bonds is 14. The molecule has 0 aromatic rings. The minimum atomic E-state index is -0.195. The summed E-state index contributed by atoms with van der Waals surface area (Å²) in [5.41, 5.74) is 0. The summed E-state index contributed by atoms with van der Waals surface area (Å²) in [4.78, 5) is 33.7. The molecule has 0 fully saturated rings. The molecule has 23 heavy (non-hydrogen) atoms. The van der Waals surface area contributed by atoms with Crippen molar-refractivity contribution >= 4 is 5.91 Å². The van der Waals surface area contributed by atoms with Crippen LogP contribution in [0.1, 0.15) is 59.8 Å². The van der Waals surface area contributed by atoms with Crippen molar-refractivity contribution in [3.8, 4) is 0 Å². The Labute approximate surface area is 141 Å². The average molecular weight is 333 g/mol. The predicted octanol–water partition coefficient (Wildman–Crippen LogP) is 3.35. The largest absolute Gasteiger partial charge is 0.337 e. The van der Waals surface area contributed by atoms with Crippen molar-refractivity contribution in [2.45, 2.75) is 72.0 Å². The highest BCUT2D eigenvalue weighted by molar-refractivity contribution is 5.76.